The van der Waals surface area contributed by atoms with E-state index < -0.39 is 0 Å². The van der Waals surface area contributed by atoms with Crippen molar-refractivity contribution >= 4 is 5.97 Å². The van der Waals surface area contributed by atoms with Gasteiger partial charge in [-0.3, -0.25) is 4.79 Å². The van der Waals surface area contributed by atoms with Crippen molar-refractivity contribution < 1.29 is 38.0 Å². The van der Waals surface area contributed by atoms with Crippen LogP contribution in [-0.4, -0.2) is 91.9 Å². The summed E-state index contributed by atoms with van der Waals surface area (Å²) in [5.74, 6) is -0.127. The second-order valence-electron chi connectivity index (χ2n) is 12.4. The zero-order chi connectivity index (χ0) is 33.3. The van der Waals surface area contributed by atoms with Crippen LogP contribution in [0.15, 0.2) is 0 Å². The third-order valence-electron chi connectivity index (χ3n) is 7.98. The summed E-state index contributed by atoms with van der Waals surface area (Å²) in [5.41, 5.74) is 0. The minimum Gasteiger partial charge on any atom is -0.463 e. The standard InChI is InChI=1S/C38H76O8/c1-3-5-7-9-11-12-13-14-15-16-17-19-21-23-25-40-26-27-41-28-29-42-30-31-43-32-33-44-34-35-45-36-37-46-38(39)24-22-20-18-10-8-6-4-2/h3-37H2,1-2H3. The fourth-order valence-electron chi connectivity index (χ4n) is 5.11. The van der Waals surface area contributed by atoms with Crippen molar-refractivity contribution in [2.75, 3.05) is 85.9 Å². The summed E-state index contributed by atoms with van der Waals surface area (Å²) in [7, 11) is 0. The Labute approximate surface area is 284 Å². The predicted molar refractivity (Wildman–Crippen MR) is 189 cm³/mol. The molecule has 0 atom stereocenters. The van der Waals surface area contributed by atoms with Crippen molar-refractivity contribution in [3.63, 3.8) is 0 Å². The molecule has 0 aliphatic carbocycles. The number of hydrogen-bond donors (Lipinski definition) is 0. The van der Waals surface area contributed by atoms with Crippen LogP contribution >= 0.6 is 0 Å². The van der Waals surface area contributed by atoms with Gasteiger partial charge >= 0.3 is 5.97 Å². The molecule has 8 nitrogen and oxygen atoms in total. The van der Waals surface area contributed by atoms with Gasteiger partial charge in [-0.1, -0.05) is 136 Å². The largest absolute Gasteiger partial charge is 0.463 e. The molecular formula is C38H76O8. The van der Waals surface area contributed by atoms with E-state index in [4.69, 9.17) is 33.2 Å². The Morgan fingerprint density at radius 3 is 0.913 bits per heavy atom. The average molecular weight is 661 g/mol. The molecule has 0 saturated carbocycles. The highest BCUT2D eigenvalue weighted by molar-refractivity contribution is 5.69. The van der Waals surface area contributed by atoms with E-state index in [1.165, 1.54) is 116 Å². The molecule has 0 aliphatic heterocycles. The highest BCUT2D eigenvalue weighted by atomic mass is 16.6. The molecule has 0 bridgehead atoms. The van der Waals surface area contributed by atoms with Crippen LogP contribution in [0, 0.1) is 0 Å². The maximum Gasteiger partial charge on any atom is 0.305 e. The molecule has 0 rings (SSSR count). The first-order chi connectivity index (χ1) is 22.8. The van der Waals surface area contributed by atoms with Crippen molar-refractivity contribution in [2.45, 2.75) is 155 Å². The number of carbonyl (C=O) groups excluding carboxylic acids is 1. The highest BCUT2D eigenvalue weighted by Gasteiger charge is 2.03. The van der Waals surface area contributed by atoms with Gasteiger partial charge < -0.3 is 33.2 Å². The molecular weight excluding hydrogens is 584 g/mol. The fourth-order valence-corrected chi connectivity index (χ4v) is 5.11. The number of rotatable bonds is 41. The van der Waals surface area contributed by atoms with Crippen molar-refractivity contribution in [1.29, 1.82) is 0 Å². The van der Waals surface area contributed by atoms with E-state index in [-0.39, 0.29) is 5.97 Å². The molecule has 0 aromatic heterocycles. The van der Waals surface area contributed by atoms with E-state index in [0.717, 1.165) is 25.9 Å². The molecule has 0 heterocycles. The third kappa shape index (κ3) is 41.3. The van der Waals surface area contributed by atoms with E-state index in [1.807, 2.05) is 0 Å². The SMILES string of the molecule is CCCCCCCCCCCCCCCCOCCOCCOCCOCCOCCOCCOC(=O)CCCCCCCCC. The second kappa shape index (κ2) is 42.3. The normalized spacial score (nSPS) is 11.4. The van der Waals surface area contributed by atoms with Crippen LogP contribution in [0.3, 0.4) is 0 Å². The zero-order valence-corrected chi connectivity index (χ0v) is 30.5. The Morgan fingerprint density at radius 1 is 0.304 bits per heavy atom. The van der Waals surface area contributed by atoms with E-state index in [1.54, 1.807) is 0 Å². The van der Waals surface area contributed by atoms with Gasteiger partial charge in [0.15, 0.2) is 0 Å². The fraction of sp³-hybridized carbons (Fsp3) is 0.974. The van der Waals surface area contributed by atoms with Gasteiger partial charge in [-0.05, 0) is 12.8 Å². The Bertz CT molecular complexity index is 563. The molecule has 0 amide bonds. The van der Waals surface area contributed by atoms with Crippen molar-refractivity contribution in [1.82, 2.24) is 0 Å². The van der Waals surface area contributed by atoms with Crippen LogP contribution in [0.2, 0.25) is 0 Å². The van der Waals surface area contributed by atoms with Gasteiger partial charge in [-0.2, -0.15) is 0 Å². The van der Waals surface area contributed by atoms with Gasteiger partial charge in [0, 0.05) is 13.0 Å². The summed E-state index contributed by atoms with van der Waals surface area (Å²) in [6.07, 6.45) is 28.2. The first-order valence-corrected chi connectivity index (χ1v) is 19.4. The number of carbonyl (C=O) groups is 1. The smallest absolute Gasteiger partial charge is 0.305 e. The summed E-state index contributed by atoms with van der Waals surface area (Å²) in [5, 5.41) is 0. The Kier molecular flexibility index (Phi) is 41.5. The van der Waals surface area contributed by atoms with E-state index in [2.05, 4.69) is 13.8 Å². The van der Waals surface area contributed by atoms with Crippen LogP contribution in [0.25, 0.3) is 0 Å². The zero-order valence-electron chi connectivity index (χ0n) is 30.5. The predicted octanol–water partition coefficient (Wildman–Crippen LogP) is 9.25. The summed E-state index contributed by atoms with van der Waals surface area (Å²) < 4.78 is 38.4. The molecule has 0 radical (unpaired) electrons. The Hall–Kier alpha value is -0.770. The maximum absolute atomic E-state index is 11.7. The average Bonchev–Trinajstić information content (AvgIpc) is 3.06. The molecule has 0 N–H and O–H groups in total. The molecule has 46 heavy (non-hydrogen) atoms. The van der Waals surface area contributed by atoms with E-state index in [0.29, 0.717) is 85.7 Å². The number of esters is 1. The van der Waals surface area contributed by atoms with Crippen LogP contribution in [-0.2, 0) is 38.0 Å². The van der Waals surface area contributed by atoms with Crippen molar-refractivity contribution in [2.24, 2.45) is 0 Å². The summed E-state index contributed by atoms with van der Waals surface area (Å²) in [4.78, 5) is 11.7. The molecule has 276 valence electrons. The quantitative estimate of drug-likeness (QED) is 0.0474. The molecule has 0 aromatic carbocycles. The van der Waals surface area contributed by atoms with Gasteiger partial charge in [-0.25, -0.2) is 0 Å². The van der Waals surface area contributed by atoms with Gasteiger partial charge in [-0.15, -0.1) is 0 Å². The number of unbranched alkanes of at least 4 members (excludes halogenated alkanes) is 19. The number of ether oxygens (including phenoxy) is 7. The lowest BCUT2D eigenvalue weighted by Gasteiger charge is -2.08. The first-order valence-electron chi connectivity index (χ1n) is 19.4. The van der Waals surface area contributed by atoms with Crippen LogP contribution < -0.4 is 0 Å². The van der Waals surface area contributed by atoms with Crippen LogP contribution in [0.4, 0.5) is 0 Å². The lowest BCUT2D eigenvalue weighted by molar-refractivity contribution is -0.145. The molecule has 0 unspecified atom stereocenters. The summed E-state index contributed by atoms with van der Waals surface area (Å²) >= 11 is 0. The van der Waals surface area contributed by atoms with E-state index >= 15 is 0 Å². The van der Waals surface area contributed by atoms with Crippen molar-refractivity contribution in [3.05, 3.63) is 0 Å². The summed E-state index contributed by atoms with van der Waals surface area (Å²) in [6, 6.07) is 0. The first kappa shape index (κ1) is 45.2. The molecule has 0 spiro atoms. The van der Waals surface area contributed by atoms with E-state index in [9.17, 15) is 4.79 Å². The Morgan fingerprint density at radius 2 is 0.565 bits per heavy atom. The monoisotopic (exact) mass is 661 g/mol. The topological polar surface area (TPSA) is 81.7 Å². The molecule has 8 heteroatoms. The van der Waals surface area contributed by atoms with Gasteiger partial charge in [0.25, 0.3) is 0 Å². The van der Waals surface area contributed by atoms with Crippen LogP contribution in [0.5, 0.6) is 0 Å². The minimum absolute atomic E-state index is 0.127. The van der Waals surface area contributed by atoms with Crippen LogP contribution in [0.1, 0.15) is 155 Å². The number of hydrogen-bond acceptors (Lipinski definition) is 8. The minimum atomic E-state index is -0.127. The maximum atomic E-state index is 11.7. The highest BCUT2D eigenvalue weighted by Crippen LogP contribution is 2.13. The Balaban J connectivity index is 3.09. The lowest BCUT2D eigenvalue weighted by atomic mass is 10.0. The molecule has 0 fully saturated rings. The van der Waals surface area contributed by atoms with Gasteiger partial charge in [0.05, 0.1) is 72.7 Å². The lowest BCUT2D eigenvalue weighted by Crippen LogP contribution is -2.15. The summed E-state index contributed by atoms with van der Waals surface area (Å²) in [6.45, 7) is 11.5. The molecule has 0 saturated heterocycles. The third-order valence-corrected chi connectivity index (χ3v) is 7.98. The molecule has 0 aliphatic rings. The van der Waals surface area contributed by atoms with Gasteiger partial charge in [0.2, 0.25) is 0 Å². The van der Waals surface area contributed by atoms with Crippen molar-refractivity contribution in [3.8, 4) is 0 Å². The van der Waals surface area contributed by atoms with Gasteiger partial charge in [0.1, 0.15) is 6.61 Å². The second-order valence-corrected chi connectivity index (χ2v) is 12.4. The molecule has 0 aromatic rings.